The maximum atomic E-state index is 12.5. The van der Waals surface area contributed by atoms with Crippen molar-refractivity contribution >= 4 is 33.8 Å². The lowest BCUT2D eigenvalue weighted by molar-refractivity contribution is -0.119. The van der Waals surface area contributed by atoms with Gasteiger partial charge in [0.05, 0.1) is 18.7 Å². The second-order valence-electron chi connectivity index (χ2n) is 7.95. The van der Waals surface area contributed by atoms with Crippen LogP contribution in [0, 0.1) is 17.2 Å². The standard InChI is InChI=1S/C23H28N4O2S/c1-4-16-7-5-6-8-19(16)25-21(28)13-27(3)14-22(29)26-23-18(12-24)17-10-9-15(2)11-20(17)30-23/h5-8,15H,4,9-11,13-14H2,1-3H3,(H,25,28)(H,26,29)/t15-/m1/s1. The van der Waals surface area contributed by atoms with E-state index in [0.29, 0.717) is 16.5 Å². The average Bonchev–Trinajstić information content (AvgIpc) is 3.03. The number of amides is 2. The third-order valence-electron chi connectivity index (χ3n) is 5.38. The van der Waals surface area contributed by atoms with E-state index >= 15 is 0 Å². The van der Waals surface area contributed by atoms with Gasteiger partial charge in [-0.25, -0.2) is 0 Å². The number of nitriles is 1. The predicted octanol–water partition coefficient (Wildman–Crippen LogP) is 3.82. The zero-order valence-corrected chi connectivity index (χ0v) is 18.6. The fraction of sp³-hybridized carbons (Fsp3) is 0.435. The van der Waals surface area contributed by atoms with Crippen LogP contribution < -0.4 is 10.6 Å². The number of anilines is 2. The lowest BCUT2D eigenvalue weighted by Crippen LogP contribution is -2.36. The first-order valence-electron chi connectivity index (χ1n) is 10.3. The molecule has 0 spiro atoms. The van der Waals surface area contributed by atoms with Crippen LogP contribution in [0.4, 0.5) is 10.7 Å². The summed E-state index contributed by atoms with van der Waals surface area (Å²) in [4.78, 5) is 27.8. The van der Waals surface area contributed by atoms with Crippen molar-refractivity contribution in [2.24, 2.45) is 5.92 Å². The van der Waals surface area contributed by atoms with Gasteiger partial charge in [0, 0.05) is 10.6 Å². The molecule has 2 N–H and O–H groups in total. The van der Waals surface area contributed by atoms with Crippen LogP contribution in [0.2, 0.25) is 0 Å². The molecule has 0 unspecified atom stereocenters. The van der Waals surface area contributed by atoms with Crippen LogP contribution in [0.15, 0.2) is 24.3 Å². The quantitative estimate of drug-likeness (QED) is 0.708. The van der Waals surface area contributed by atoms with Gasteiger partial charge in [-0.1, -0.05) is 32.0 Å². The number of rotatable bonds is 7. The van der Waals surface area contributed by atoms with E-state index in [1.165, 1.54) is 16.2 Å². The van der Waals surface area contributed by atoms with Crippen LogP contribution in [0.1, 0.15) is 41.8 Å². The second-order valence-corrected chi connectivity index (χ2v) is 9.05. The minimum atomic E-state index is -0.220. The number of benzene rings is 1. The Morgan fingerprint density at radius 1 is 1.23 bits per heavy atom. The fourth-order valence-corrected chi connectivity index (χ4v) is 5.19. The number of likely N-dealkylation sites (N-methyl/N-ethyl adjacent to an activating group) is 1. The third kappa shape index (κ3) is 5.26. The summed E-state index contributed by atoms with van der Waals surface area (Å²) in [5.74, 6) is 0.223. The molecule has 158 valence electrons. The molecule has 30 heavy (non-hydrogen) atoms. The van der Waals surface area contributed by atoms with E-state index in [9.17, 15) is 14.9 Å². The van der Waals surface area contributed by atoms with Gasteiger partial charge < -0.3 is 10.6 Å². The van der Waals surface area contributed by atoms with Crippen molar-refractivity contribution in [3.8, 4) is 6.07 Å². The van der Waals surface area contributed by atoms with Crippen LogP contribution in [0.3, 0.4) is 0 Å². The van der Waals surface area contributed by atoms with Crippen LogP contribution >= 0.6 is 11.3 Å². The van der Waals surface area contributed by atoms with Crippen molar-refractivity contribution in [1.82, 2.24) is 4.90 Å². The summed E-state index contributed by atoms with van der Waals surface area (Å²) in [5, 5.41) is 16.0. The Balaban J connectivity index is 1.56. The van der Waals surface area contributed by atoms with Crippen molar-refractivity contribution < 1.29 is 9.59 Å². The molecule has 1 aliphatic rings. The average molecular weight is 425 g/mol. The third-order valence-corrected chi connectivity index (χ3v) is 6.55. The Labute approximate surface area is 181 Å². The second kappa shape index (κ2) is 9.88. The van der Waals surface area contributed by atoms with Gasteiger partial charge >= 0.3 is 0 Å². The summed E-state index contributed by atoms with van der Waals surface area (Å²) in [7, 11) is 1.73. The number of hydrogen-bond donors (Lipinski definition) is 2. The molecule has 0 aliphatic heterocycles. The first kappa shape index (κ1) is 22.0. The lowest BCUT2D eigenvalue weighted by Gasteiger charge is -2.17. The summed E-state index contributed by atoms with van der Waals surface area (Å²) in [6, 6.07) is 9.97. The van der Waals surface area contributed by atoms with Crippen molar-refractivity contribution in [3.05, 3.63) is 45.8 Å². The molecule has 7 heteroatoms. The van der Waals surface area contributed by atoms with Gasteiger partial charge in [-0.2, -0.15) is 5.26 Å². The van der Waals surface area contributed by atoms with Crippen molar-refractivity contribution in [1.29, 1.82) is 5.26 Å². The number of fused-ring (bicyclic) bond motifs is 1. The van der Waals surface area contributed by atoms with E-state index in [0.717, 1.165) is 42.5 Å². The van der Waals surface area contributed by atoms with Gasteiger partial charge in [-0.3, -0.25) is 14.5 Å². The molecule has 0 saturated heterocycles. The highest BCUT2D eigenvalue weighted by molar-refractivity contribution is 7.16. The molecule has 6 nitrogen and oxygen atoms in total. The fourth-order valence-electron chi connectivity index (χ4n) is 3.81. The van der Waals surface area contributed by atoms with Crippen molar-refractivity contribution in [2.45, 2.75) is 39.5 Å². The molecule has 1 atom stereocenters. The molecule has 0 radical (unpaired) electrons. The number of nitrogens with zero attached hydrogens (tertiary/aromatic N) is 2. The summed E-state index contributed by atoms with van der Waals surface area (Å²) >= 11 is 1.51. The molecule has 1 heterocycles. The summed E-state index contributed by atoms with van der Waals surface area (Å²) in [5.41, 5.74) is 3.58. The van der Waals surface area contributed by atoms with E-state index in [-0.39, 0.29) is 24.9 Å². The van der Waals surface area contributed by atoms with E-state index in [1.54, 1.807) is 11.9 Å². The van der Waals surface area contributed by atoms with Crippen molar-refractivity contribution in [2.75, 3.05) is 30.8 Å². The highest BCUT2D eigenvalue weighted by atomic mass is 32.1. The van der Waals surface area contributed by atoms with Crippen molar-refractivity contribution in [3.63, 3.8) is 0 Å². The minimum Gasteiger partial charge on any atom is -0.325 e. The highest BCUT2D eigenvalue weighted by Crippen LogP contribution is 2.39. The highest BCUT2D eigenvalue weighted by Gasteiger charge is 2.25. The first-order chi connectivity index (χ1) is 14.4. The number of nitrogens with one attached hydrogen (secondary N) is 2. The van der Waals surface area contributed by atoms with Gasteiger partial charge in [-0.05, 0) is 55.8 Å². The first-order valence-corrected chi connectivity index (χ1v) is 11.1. The van der Waals surface area contributed by atoms with Crippen LogP contribution in [0.25, 0.3) is 0 Å². The zero-order chi connectivity index (χ0) is 21.7. The van der Waals surface area contributed by atoms with Crippen LogP contribution in [0.5, 0.6) is 0 Å². The molecular weight excluding hydrogens is 396 g/mol. The number of carbonyl (C=O) groups excluding carboxylic acids is 2. The number of para-hydroxylation sites is 1. The van der Waals surface area contributed by atoms with Gasteiger partial charge in [0.2, 0.25) is 11.8 Å². The molecule has 2 aromatic rings. The Hall–Kier alpha value is -2.69. The van der Waals surface area contributed by atoms with Gasteiger partial charge in [-0.15, -0.1) is 11.3 Å². The molecule has 0 fully saturated rings. The van der Waals surface area contributed by atoms with Crippen LogP contribution in [-0.2, 0) is 28.9 Å². The number of carbonyl (C=O) groups is 2. The van der Waals surface area contributed by atoms with Crippen LogP contribution in [-0.4, -0.2) is 36.9 Å². The molecular formula is C23H28N4O2S. The van der Waals surface area contributed by atoms with Gasteiger partial charge in [0.25, 0.3) is 0 Å². The Kier molecular flexibility index (Phi) is 7.24. The van der Waals surface area contributed by atoms with E-state index < -0.39 is 0 Å². The monoisotopic (exact) mass is 424 g/mol. The normalized spacial score (nSPS) is 15.4. The molecule has 0 bridgehead atoms. The minimum absolute atomic E-state index is 0.0761. The topological polar surface area (TPSA) is 85.2 Å². The predicted molar refractivity (Wildman–Crippen MR) is 121 cm³/mol. The number of hydrogen-bond acceptors (Lipinski definition) is 5. The molecule has 1 aliphatic carbocycles. The molecule has 2 amide bonds. The number of aryl methyl sites for hydroxylation is 1. The Morgan fingerprint density at radius 2 is 1.93 bits per heavy atom. The van der Waals surface area contributed by atoms with E-state index in [1.807, 2.05) is 31.2 Å². The largest absolute Gasteiger partial charge is 0.325 e. The molecule has 1 aromatic heterocycles. The number of thiophene rings is 1. The Bertz CT molecular complexity index is 976. The van der Waals surface area contributed by atoms with Gasteiger partial charge in [0.1, 0.15) is 11.1 Å². The maximum Gasteiger partial charge on any atom is 0.239 e. The smallest absolute Gasteiger partial charge is 0.239 e. The summed E-state index contributed by atoms with van der Waals surface area (Å²) in [6.45, 7) is 4.44. The summed E-state index contributed by atoms with van der Waals surface area (Å²) < 4.78 is 0. The molecule has 1 aromatic carbocycles. The zero-order valence-electron chi connectivity index (χ0n) is 17.7. The lowest BCUT2D eigenvalue weighted by atomic mass is 9.89. The SMILES string of the molecule is CCc1ccccc1NC(=O)CN(C)CC(=O)Nc1sc2c(c1C#N)CC[C@@H](C)C2. The van der Waals surface area contributed by atoms with E-state index in [2.05, 4.69) is 23.6 Å². The molecule has 0 saturated carbocycles. The molecule has 3 rings (SSSR count). The summed E-state index contributed by atoms with van der Waals surface area (Å²) in [6.07, 6.45) is 3.76. The van der Waals surface area contributed by atoms with E-state index in [4.69, 9.17) is 0 Å². The van der Waals surface area contributed by atoms with Gasteiger partial charge in [0.15, 0.2) is 0 Å². The maximum absolute atomic E-state index is 12.5. The Morgan fingerprint density at radius 3 is 2.63 bits per heavy atom.